The fourth-order valence-corrected chi connectivity index (χ4v) is 2.13. The van der Waals surface area contributed by atoms with E-state index >= 15 is 0 Å². The van der Waals surface area contributed by atoms with Gasteiger partial charge in [-0.2, -0.15) is 0 Å². The van der Waals surface area contributed by atoms with Gasteiger partial charge in [-0.05, 0) is 18.4 Å². The number of nitrogens with zero attached hydrogens (tertiary/aromatic N) is 1. The molecular weight excluding hydrogens is 230 g/mol. The lowest BCUT2D eigenvalue weighted by molar-refractivity contribution is -0.205. The van der Waals surface area contributed by atoms with Crippen LogP contribution in [-0.2, 0) is 16.1 Å². The highest BCUT2D eigenvalue weighted by Crippen LogP contribution is 2.17. The lowest BCUT2D eigenvalue weighted by Gasteiger charge is -2.32. The summed E-state index contributed by atoms with van der Waals surface area (Å²) in [5, 5.41) is 9.91. The van der Waals surface area contributed by atoms with Crippen LogP contribution in [0, 0.1) is 5.92 Å². The normalized spacial score (nSPS) is 19.6. The molecule has 1 heterocycles. The van der Waals surface area contributed by atoms with Crippen molar-refractivity contribution < 1.29 is 14.6 Å². The van der Waals surface area contributed by atoms with E-state index in [1.807, 2.05) is 35.2 Å². The molecular formula is C14H19NO3. The van der Waals surface area contributed by atoms with Crippen LogP contribution in [-0.4, -0.2) is 35.8 Å². The molecule has 0 aromatic heterocycles. The van der Waals surface area contributed by atoms with Crippen LogP contribution in [0.4, 0.5) is 0 Å². The highest BCUT2D eigenvalue weighted by atomic mass is 16.6. The first-order valence-corrected chi connectivity index (χ1v) is 6.32. The molecule has 1 unspecified atom stereocenters. The first-order valence-electron chi connectivity index (χ1n) is 6.32. The van der Waals surface area contributed by atoms with Gasteiger partial charge in [0.25, 0.3) is 0 Å². The van der Waals surface area contributed by atoms with Crippen molar-refractivity contribution in [2.45, 2.75) is 25.9 Å². The minimum atomic E-state index is -0.877. The zero-order chi connectivity index (χ0) is 12.8. The predicted octanol–water partition coefficient (Wildman–Crippen LogP) is 1.39. The Morgan fingerprint density at radius 2 is 2.00 bits per heavy atom. The van der Waals surface area contributed by atoms with Crippen LogP contribution in [0.5, 0.6) is 0 Å². The maximum atomic E-state index is 10.6. The zero-order valence-electron chi connectivity index (χ0n) is 10.4. The quantitative estimate of drug-likeness (QED) is 0.633. The van der Waals surface area contributed by atoms with Crippen LogP contribution in [0.25, 0.3) is 0 Å². The average Bonchev–Trinajstić information content (AvgIpc) is 2.46. The molecule has 1 aliphatic heterocycles. The Kier molecular flexibility index (Phi) is 4.87. The molecule has 98 valence electrons. The fourth-order valence-electron chi connectivity index (χ4n) is 2.13. The van der Waals surface area contributed by atoms with Crippen molar-refractivity contribution in [3.8, 4) is 0 Å². The van der Waals surface area contributed by atoms with Crippen molar-refractivity contribution in [2.75, 3.05) is 13.1 Å². The number of carbonyl (C=O) groups is 1. The number of carbonyl (C=O) groups excluding carboxylic acids is 1. The molecule has 0 aliphatic carbocycles. The van der Waals surface area contributed by atoms with E-state index in [0.29, 0.717) is 19.7 Å². The van der Waals surface area contributed by atoms with Gasteiger partial charge in [-0.1, -0.05) is 30.3 Å². The molecule has 1 aromatic carbocycles. The standard InChI is InChI=1S/C14H19NO3/c16-10-12-6-8-15(9-7-12)14(17)18-11-13-4-2-1-3-5-13/h1-5,10,12,14,17H,6-9,11H2. The maximum absolute atomic E-state index is 10.6. The van der Waals surface area contributed by atoms with E-state index in [2.05, 4.69) is 0 Å². The number of likely N-dealkylation sites (tertiary alicyclic amines) is 1. The van der Waals surface area contributed by atoms with E-state index in [1.54, 1.807) is 0 Å². The number of aliphatic hydroxyl groups is 1. The first-order chi connectivity index (χ1) is 8.79. The lowest BCUT2D eigenvalue weighted by atomic mass is 9.99. The number of aliphatic hydroxyl groups excluding tert-OH is 1. The van der Waals surface area contributed by atoms with Gasteiger partial charge >= 0.3 is 0 Å². The molecule has 0 bridgehead atoms. The largest absolute Gasteiger partial charge is 0.356 e. The molecule has 1 N–H and O–H groups in total. The summed E-state index contributed by atoms with van der Waals surface area (Å²) >= 11 is 0. The molecule has 0 amide bonds. The third kappa shape index (κ3) is 3.63. The van der Waals surface area contributed by atoms with Gasteiger partial charge in [0, 0.05) is 19.0 Å². The first kappa shape index (κ1) is 13.2. The zero-order valence-corrected chi connectivity index (χ0v) is 10.4. The van der Waals surface area contributed by atoms with Gasteiger partial charge in [-0.15, -0.1) is 0 Å². The SMILES string of the molecule is O=CC1CCN(C(O)OCc2ccccc2)CC1. The number of benzene rings is 1. The smallest absolute Gasteiger partial charge is 0.216 e. The Labute approximate surface area is 107 Å². The Hall–Kier alpha value is -1.23. The molecule has 1 saturated heterocycles. The van der Waals surface area contributed by atoms with E-state index in [0.717, 1.165) is 24.7 Å². The van der Waals surface area contributed by atoms with E-state index < -0.39 is 6.41 Å². The summed E-state index contributed by atoms with van der Waals surface area (Å²) in [6.07, 6.45) is 1.73. The summed E-state index contributed by atoms with van der Waals surface area (Å²) < 4.78 is 5.43. The van der Waals surface area contributed by atoms with Crippen LogP contribution in [0.15, 0.2) is 30.3 Å². The van der Waals surface area contributed by atoms with E-state index in [9.17, 15) is 9.90 Å². The number of hydrogen-bond acceptors (Lipinski definition) is 4. The molecule has 2 rings (SSSR count). The highest BCUT2D eigenvalue weighted by Gasteiger charge is 2.23. The second-order valence-corrected chi connectivity index (χ2v) is 4.63. The van der Waals surface area contributed by atoms with E-state index in [-0.39, 0.29) is 5.92 Å². The minimum absolute atomic E-state index is 0.141. The lowest BCUT2D eigenvalue weighted by Crippen LogP contribution is -2.43. The van der Waals surface area contributed by atoms with Crippen LogP contribution in [0.3, 0.4) is 0 Å². The summed E-state index contributed by atoms with van der Waals surface area (Å²) in [7, 11) is 0. The molecule has 1 fully saturated rings. The van der Waals surface area contributed by atoms with Crippen LogP contribution < -0.4 is 0 Å². The van der Waals surface area contributed by atoms with Gasteiger partial charge in [0.2, 0.25) is 6.41 Å². The van der Waals surface area contributed by atoms with Gasteiger partial charge in [-0.25, -0.2) is 0 Å². The molecule has 1 aromatic rings. The third-order valence-corrected chi connectivity index (χ3v) is 3.32. The van der Waals surface area contributed by atoms with Crippen molar-refractivity contribution in [3.05, 3.63) is 35.9 Å². The molecule has 0 radical (unpaired) electrons. The number of hydrogen-bond donors (Lipinski definition) is 1. The number of rotatable bonds is 5. The van der Waals surface area contributed by atoms with Gasteiger partial charge in [0.15, 0.2) is 0 Å². The van der Waals surface area contributed by atoms with Gasteiger partial charge in [-0.3, -0.25) is 4.90 Å². The van der Waals surface area contributed by atoms with Crippen LogP contribution >= 0.6 is 0 Å². The second kappa shape index (κ2) is 6.64. The fraction of sp³-hybridized carbons (Fsp3) is 0.500. The number of piperidine rings is 1. The molecule has 4 heteroatoms. The average molecular weight is 249 g/mol. The van der Waals surface area contributed by atoms with Crippen molar-refractivity contribution >= 4 is 6.29 Å². The Balaban J connectivity index is 1.75. The van der Waals surface area contributed by atoms with Crippen LogP contribution in [0.2, 0.25) is 0 Å². The number of ether oxygens (including phenoxy) is 1. The summed E-state index contributed by atoms with van der Waals surface area (Å²) in [5.41, 5.74) is 1.04. The van der Waals surface area contributed by atoms with Crippen LogP contribution in [0.1, 0.15) is 18.4 Å². The minimum Gasteiger partial charge on any atom is -0.356 e. The third-order valence-electron chi connectivity index (χ3n) is 3.32. The molecule has 0 spiro atoms. The van der Waals surface area contributed by atoms with Crippen molar-refractivity contribution in [1.29, 1.82) is 0 Å². The van der Waals surface area contributed by atoms with Crippen molar-refractivity contribution in [3.63, 3.8) is 0 Å². The maximum Gasteiger partial charge on any atom is 0.216 e. The predicted molar refractivity (Wildman–Crippen MR) is 67.6 cm³/mol. The molecule has 1 aliphatic rings. The highest BCUT2D eigenvalue weighted by molar-refractivity contribution is 5.53. The molecule has 18 heavy (non-hydrogen) atoms. The summed E-state index contributed by atoms with van der Waals surface area (Å²) in [6, 6.07) is 9.77. The Bertz CT molecular complexity index is 361. The van der Waals surface area contributed by atoms with E-state index in [4.69, 9.17) is 4.74 Å². The van der Waals surface area contributed by atoms with E-state index in [1.165, 1.54) is 0 Å². The Morgan fingerprint density at radius 1 is 1.33 bits per heavy atom. The molecule has 1 atom stereocenters. The molecule has 0 saturated carbocycles. The van der Waals surface area contributed by atoms with Crippen molar-refractivity contribution in [1.82, 2.24) is 4.90 Å². The summed E-state index contributed by atoms with van der Waals surface area (Å²) in [5.74, 6) is 0.141. The van der Waals surface area contributed by atoms with Gasteiger partial charge in [0.1, 0.15) is 6.29 Å². The monoisotopic (exact) mass is 249 g/mol. The Morgan fingerprint density at radius 3 is 2.61 bits per heavy atom. The summed E-state index contributed by atoms with van der Waals surface area (Å²) in [4.78, 5) is 12.5. The second-order valence-electron chi connectivity index (χ2n) is 4.63. The van der Waals surface area contributed by atoms with Gasteiger partial charge in [0.05, 0.1) is 6.61 Å². The topological polar surface area (TPSA) is 49.8 Å². The molecule has 4 nitrogen and oxygen atoms in total. The number of aldehydes is 1. The van der Waals surface area contributed by atoms with Crippen molar-refractivity contribution in [2.24, 2.45) is 5.92 Å². The summed E-state index contributed by atoms with van der Waals surface area (Å²) in [6.45, 7) is 1.81. The van der Waals surface area contributed by atoms with Gasteiger partial charge < -0.3 is 14.6 Å².